The second-order valence-corrected chi connectivity index (χ2v) is 16.3. The minimum absolute atomic E-state index is 0.858. The lowest BCUT2D eigenvalue weighted by Gasteiger charge is -2.25. The molecule has 12 rings (SSSR count). The fourth-order valence-electron chi connectivity index (χ4n) is 8.87. The number of anilines is 2. The Morgan fingerprint density at radius 2 is 1.13 bits per heavy atom. The highest BCUT2D eigenvalue weighted by atomic mass is 32.1. The van der Waals surface area contributed by atoms with Crippen molar-refractivity contribution in [3.63, 3.8) is 0 Å². The van der Waals surface area contributed by atoms with Gasteiger partial charge in [-0.05, 0) is 82.8 Å². The Kier molecular flexibility index (Phi) is 6.21. The van der Waals surface area contributed by atoms with Crippen molar-refractivity contribution in [3.05, 3.63) is 164 Å². The van der Waals surface area contributed by atoms with Crippen molar-refractivity contribution >= 4 is 114 Å². The van der Waals surface area contributed by atoms with Gasteiger partial charge in [0.25, 0.3) is 0 Å². The lowest BCUT2D eigenvalue weighted by Crippen LogP contribution is -2.37. The second kappa shape index (κ2) is 11.2. The van der Waals surface area contributed by atoms with E-state index in [1.807, 2.05) is 22.7 Å². The number of para-hydroxylation sites is 3. The van der Waals surface area contributed by atoms with Gasteiger partial charge in [0.2, 0.25) is 0 Å². The highest BCUT2D eigenvalue weighted by molar-refractivity contribution is 7.26. The molecule has 4 heterocycles. The molecule has 3 aromatic heterocycles. The van der Waals surface area contributed by atoms with Crippen molar-refractivity contribution in [2.24, 2.45) is 0 Å². The third-order valence-corrected chi connectivity index (χ3v) is 13.5. The summed E-state index contributed by atoms with van der Waals surface area (Å²) in [5, 5.41) is 11.7. The molecule has 1 N–H and O–H groups in total. The molecule has 11 aromatic rings. The first-order valence-electron chi connectivity index (χ1n) is 18.1. The SMILES string of the molecule is B1c2cc3sc4ccccc4c3cc2-n2c3ccccc3c3c(-c4ccc5c(c4)sc4ccccc45)cc(-c4ccccc4Nc4ccccc4)c1c32. The van der Waals surface area contributed by atoms with Gasteiger partial charge in [0.05, 0.1) is 5.52 Å². The molecule has 0 bridgehead atoms. The van der Waals surface area contributed by atoms with Gasteiger partial charge in [0.15, 0.2) is 7.28 Å². The van der Waals surface area contributed by atoms with Crippen LogP contribution in [0.1, 0.15) is 0 Å². The number of aromatic nitrogens is 1. The van der Waals surface area contributed by atoms with Crippen LogP contribution in [-0.4, -0.2) is 11.8 Å². The number of nitrogens with one attached hydrogen (secondary N) is 1. The Balaban J connectivity index is 1.21. The van der Waals surface area contributed by atoms with Gasteiger partial charge in [-0.25, -0.2) is 0 Å². The normalized spacial score (nSPS) is 12.3. The molecular formula is C48H29BN2S2. The highest BCUT2D eigenvalue weighted by Crippen LogP contribution is 2.45. The van der Waals surface area contributed by atoms with Crippen molar-refractivity contribution in [3.8, 4) is 27.9 Å². The molecule has 0 spiro atoms. The average Bonchev–Trinajstić information content (AvgIpc) is 3.88. The molecule has 1 aliphatic heterocycles. The summed E-state index contributed by atoms with van der Waals surface area (Å²) < 4.78 is 7.92. The zero-order valence-electron chi connectivity index (χ0n) is 28.6. The van der Waals surface area contributed by atoms with Gasteiger partial charge in [-0.1, -0.05) is 109 Å². The molecular weight excluding hydrogens is 679 g/mol. The number of nitrogens with zero attached hydrogens (tertiary/aromatic N) is 1. The zero-order chi connectivity index (χ0) is 34.6. The fourth-order valence-corrected chi connectivity index (χ4v) is 11.2. The van der Waals surface area contributed by atoms with Crippen molar-refractivity contribution in [2.45, 2.75) is 0 Å². The van der Waals surface area contributed by atoms with Crippen molar-refractivity contribution < 1.29 is 0 Å². The summed E-state index contributed by atoms with van der Waals surface area (Å²) in [5.41, 5.74) is 13.8. The quantitative estimate of drug-likeness (QED) is 0.180. The third-order valence-electron chi connectivity index (χ3n) is 11.2. The number of rotatable bonds is 4. The van der Waals surface area contributed by atoms with E-state index in [0.717, 1.165) is 18.7 Å². The number of hydrogen-bond acceptors (Lipinski definition) is 3. The molecule has 0 amide bonds. The summed E-state index contributed by atoms with van der Waals surface area (Å²) in [6, 6.07) is 60.6. The Labute approximate surface area is 314 Å². The molecule has 5 heteroatoms. The highest BCUT2D eigenvalue weighted by Gasteiger charge is 2.29. The molecule has 2 nitrogen and oxygen atoms in total. The van der Waals surface area contributed by atoms with Gasteiger partial charge in [-0.2, -0.15) is 0 Å². The van der Waals surface area contributed by atoms with Gasteiger partial charge in [-0.3, -0.25) is 0 Å². The molecule has 0 saturated carbocycles. The summed E-state index contributed by atoms with van der Waals surface area (Å²) in [5.74, 6) is 0. The summed E-state index contributed by atoms with van der Waals surface area (Å²) in [7, 11) is 0.858. The van der Waals surface area contributed by atoms with Crippen LogP contribution in [0.2, 0.25) is 0 Å². The van der Waals surface area contributed by atoms with E-state index in [-0.39, 0.29) is 0 Å². The van der Waals surface area contributed by atoms with Gasteiger partial charge in [0, 0.05) is 79.3 Å². The van der Waals surface area contributed by atoms with E-state index in [2.05, 4.69) is 174 Å². The fraction of sp³-hybridized carbons (Fsp3) is 0. The summed E-state index contributed by atoms with van der Waals surface area (Å²) in [6.07, 6.45) is 0. The number of benzene rings is 8. The third kappa shape index (κ3) is 4.32. The van der Waals surface area contributed by atoms with Crippen molar-refractivity contribution in [1.29, 1.82) is 0 Å². The van der Waals surface area contributed by atoms with E-state index in [9.17, 15) is 0 Å². The lowest BCUT2D eigenvalue weighted by atomic mass is 9.58. The van der Waals surface area contributed by atoms with E-state index in [0.29, 0.717) is 0 Å². The maximum absolute atomic E-state index is 3.78. The topological polar surface area (TPSA) is 17.0 Å². The molecule has 53 heavy (non-hydrogen) atoms. The molecule has 0 saturated heterocycles. The van der Waals surface area contributed by atoms with Crippen LogP contribution < -0.4 is 16.2 Å². The van der Waals surface area contributed by atoms with Gasteiger partial charge in [-0.15, -0.1) is 22.7 Å². The van der Waals surface area contributed by atoms with Crippen LogP contribution in [0.15, 0.2) is 164 Å². The maximum atomic E-state index is 3.78. The maximum Gasteiger partial charge on any atom is 0.198 e. The molecule has 0 unspecified atom stereocenters. The van der Waals surface area contributed by atoms with E-state index >= 15 is 0 Å². The van der Waals surface area contributed by atoms with Crippen LogP contribution in [0.25, 0.3) is 90.1 Å². The van der Waals surface area contributed by atoms with Crippen LogP contribution in [-0.2, 0) is 0 Å². The summed E-state index contributed by atoms with van der Waals surface area (Å²) >= 11 is 3.79. The minimum atomic E-state index is 0.858. The molecule has 0 atom stereocenters. The van der Waals surface area contributed by atoms with Crippen LogP contribution >= 0.6 is 22.7 Å². The molecule has 0 aliphatic carbocycles. The minimum Gasteiger partial charge on any atom is -0.355 e. The smallest absolute Gasteiger partial charge is 0.198 e. The van der Waals surface area contributed by atoms with E-state index in [1.165, 1.54) is 101 Å². The molecule has 0 fully saturated rings. The Hall–Kier alpha value is -6.14. The number of fused-ring (bicyclic) bond motifs is 11. The first-order chi connectivity index (χ1) is 26.3. The first-order valence-corrected chi connectivity index (χ1v) is 19.8. The van der Waals surface area contributed by atoms with E-state index < -0.39 is 0 Å². The van der Waals surface area contributed by atoms with Gasteiger partial charge >= 0.3 is 0 Å². The first kappa shape index (κ1) is 29.4. The number of hydrogen-bond donors (Lipinski definition) is 1. The van der Waals surface area contributed by atoms with E-state index in [4.69, 9.17) is 0 Å². The summed E-state index contributed by atoms with van der Waals surface area (Å²) in [6.45, 7) is 0. The van der Waals surface area contributed by atoms with Crippen molar-refractivity contribution in [2.75, 3.05) is 5.32 Å². The molecule has 8 aromatic carbocycles. The number of thiophene rings is 2. The molecule has 1 aliphatic rings. The van der Waals surface area contributed by atoms with Crippen LogP contribution in [0, 0.1) is 0 Å². The predicted octanol–water partition coefficient (Wildman–Crippen LogP) is 12.3. The Morgan fingerprint density at radius 1 is 0.472 bits per heavy atom. The standard InChI is InChI=1S/C48H29BN2S2/c1-2-12-29(13-3-1)50-39-18-8-4-14-30(39)37-25-35(28-22-23-33-31-15-6-10-20-42(31)52-44(33)24-28)46-34-17-5-9-19-40(34)51-41-26-36-32-16-7-11-21-43(32)53-45(36)27-38(41)49-47(37)48(46)51/h1-27,49-50H. The molecule has 246 valence electrons. The van der Waals surface area contributed by atoms with Gasteiger partial charge in [0.1, 0.15) is 0 Å². The second-order valence-electron chi connectivity index (χ2n) is 14.1. The predicted molar refractivity (Wildman–Crippen MR) is 234 cm³/mol. The monoisotopic (exact) mass is 708 g/mol. The van der Waals surface area contributed by atoms with Gasteiger partial charge < -0.3 is 9.88 Å². The Bertz CT molecular complexity index is 3300. The van der Waals surface area contributed by atoms with Crippen LogP contribution in [0.3, 0.4) is 0 Å². The van der Waals surface area contributed by atoms with Crippen LogP contribution in [0.5, 0.6) is 0 Å². The zero-order valence-corrected chi connectivity index (χ0v) is 30.2. The lowest BCUT2D eigenvalue weighted by molar-refractivity contribution is 1.20. The Morgan fingerprint density at radius 3 is 1.96 bits per heavy atom. The van der Waals surface area contributed by atoms with Crippen molar-refractivity contribution in [1.82, 2.24) is 4.57 Å². The summed E-state index contributed by atoms with van der Waals surface area (Å²) in [4.78, 5) is 0. The van der Waals surface area contributed by atoms with E-state index in [1.54, 1.807) is 0 Å². The molecule has 0 radical (unpaired) electrons. The van der Waals surface area contributed by atoms with Crippen LogP contribution in [0.4, 0.5) is 11.4 Å². The largest absolute Gasteiger partial charge is 0.355 e. The average molecular weight is 709 g/mol.